The number of methoxy groups -OCH3 is 1. The summed E-state index contributed by atoms with van der Waals surface area (Å²) in [7, 11) is 1.49. The Bertz CT molecular complexity index is 1420. The van der Waals surface area contributed by atoms with E-state index in [4.69, 9.17) is 9.47 Å². The molecule has 0 unspecified atom stereocenters. The molecule has 38 heavy (non-hydrogen) atoms. The molecule has 6 nitrogen and oxygen atoms in total. The van der Waals surface area contributed by atoms with Crippen molar-refractivity contribution in [3.8, 4) is 17.2 Å². The standard InChI is InChI=1S/C27H22F5N3O3/c1-37-18-5-8-23-20(15-18)25(33-22-13-16(27(30,31)32)3-7-24(22)38-23)34-9-2-10-35(12-11-34)26(36)19-6-4-17(28)14-21(19)29/h3-8,13-15H,2,9-12H2,1H3. The first kappa shape index (κ1) is 25.5. The summed E-state index contributed by atoms with van der Waals surface area (Å²) in [5.41, 5.74) is -0.571. The summed E-state index contributed by atoms with van der Waals surface area (Å²) in [5.74, 6) is -0.888. The second-order valence-corrected chi connectivity index (χ2v) is 8.84. The first-order chi connectivity index (χ1) is 18.1. The van der Waals surface area contributed by atoms with Crippen LogP contribution in [0.2, 0.25) is 0 Å². The van der Waals surface area contributed by atoms with Crippen LogP contribution >= 0.6 is 0 Å². The van der Waals surface area contributed by atoms with Gasteiger partial charge in [-0.15, -0.1) is 0 Å². The van der Waals surface area contributed by atoms with Gasteiger partial charge in [0.15, 0.2) is 5.75 Å². The number of amides is 1. The van der Waals surface area contributed by atoms with Crippen molar-refractivity contribution in [1.82, 2.24) is 9.80 Å². The summed E-state index contributed by atoms with van der Waals surface area (Å²) >= 11 is 0. The zero-order chi connectivity index (χ0) is 27.0. The van der Waals surface area contributed by atoms with Crippen LogP contribution in [0.5, 0.6) is 17.2 Å². The molecule has 3 aromatic rings. The third-order valence-corrected chi connectivity index (χ3v) is 6.40. The number of hydrogen-bond donors (Lipinski definition) is 0. The van der Waals surface area contributed by atoms with E-state index in [0.29, 0.717) is 48.5 Å². The van der Waals surface area contributed by atoms with E-state index >= 15 is 0 Å². The molecule has 0 bridgehead atoms. The van der Waals surface area contributed by atoms with Gasteiger partial charge in [0.05, 0.1) is 23.8 Å². The zero-order valence-electron chi connectivity index (χ0n) is 20.2. The van der Waals surface area contributed by atoms with E-state index in [1.54, 1.807) is 18.2 Å². The first-order valence-electron chi connectivity index (χ1n) is 11.8. The predicted octanol–water partition coefficient (Wildman–Crippen LogP) is 6.02. The highest BCUT2D eigenvalue weighted by Crippen LogP contribution is 2.42. The summed E-state index contributed by atoms with van der Waals surface area (Å²) in [5, 5.41) is 0. The maximum Gasteiger partial charge on any atom is 0.416 e. The molecule has 0 aliphatic carbocycles. The van der Waals surface area contributed by atoms with Gasteiger partial charge in [0.1, 0.15) is 34.7 Å². The van der Waals surface area contributed by atoms with Gasteiger partial charge < -0.3 is 19.3 Å². The van der Waals surface area contributed by atoms with Crippen molar-refractivity contribution < 1.29 is 36.2 Å². The molecule has 2 aliphatic rings. The number of carbonyl (C=O) groups is 1. The number of halogens is 5. The van der Waals surface area contributed by atoms with Crippen molar-refractivity contribution in [2.75, 3.05) is 33.3 Å². The lowest BCUT2D eigenvalue weighted by Gasteiger charge is -2.25. The number of alkyl halides is 3. The molecule has 2 heterocycles. The van der Waals surface area contributed by atoms with Crippen LogP contribution in [0.1, 0.15) is 27.9 Å². The summed E-state index contributed by atoms with van der Waals surface area (Å²) in [6, 6.07) is 10.9. The maximum atomic E-state index is 14.2. The molecular formula is C27H22F5N3O3. The fraction of sp³-hybridized carbons (Fsp3) is 0.259. The van der Waals surface area contributed by atoms with Gasteiger partial charge in [-0.25, -0.2) is 13.8 Å². The van der Waals surface area contributed by atoms with Crippen molar-refractivity contribution in [3.05, 3.63) is 82.9 Å². The molecule has 3 aromatic carbocycles. The predicted molar refractivity (Wildman–Crippen MR) is 129 cm³/mol. The molecule has 0 saturated carbocycles. The Balaban J connectivity index is 1.50. The maximum absolute atomic E-state index is 14.2. The van der Waals surface area contributed by atoms with Crippen LogP contribution < -0.4 is 9.47 Å². The average Bonchev–Trinajstić information content (AvgIpc) is 3.22. The average molecular weight is 531 g/mol. The molecule has 2 aliphatic heterocycles. The van der Waals surface area contributed by atoms with E-state index in [-0.39, 0.29) is 30.1 Å². The van der Waals surface area contributed by atoms with Crippen LogP contribution in [0.25, 0.3) is 0 Å². The summed E-state index contributed by atoms with van der Waals surface area (Å²) in [6.45, 7) is 1.16. The van der Waals surface area contributed by atoms with Gasteiger partial charge in [-0.1, -0.05) is 0 Å². The lowest BCUT2D eigenvalue weighted by molar-refractivity contribution is -0.137. The number of fused-ring (bicyclic) bond motifs is 2. The van der Waals surface area contributed by atoms with Crippen LogP contribution in [0, 0.1) is 11.6 Å². The normalized spacial score (nSPS) is 15.5. The number of nitrogens with zero attached hydrogens (tertiary/aromatic N) is 3. The first-order valence-corrected chi connectivity index (χ1v) is 11.8. The minimum absolute atomic E-state index is 0.00977. The Hall–Kier alpha value is -4.15. The van der Waals surface area contributed by atoms with Gasteiger partial charge in [-0.2, -0.15) is 13.2 Å². The number of rotatable bonds is 2. The smallest absolute Gasteiger partial charge is 0.416 e. The van der Waals surface area contributed by atoms with E-state index in [1.807, 2.05) is 4.90 Å². The van der Waals surface area contributed by atoms with Crippen LogP contribution in [0.3, 0.4) is 0 Å². The Kier molecular flexibility index (Phi) is 6.68. The van der Waals surface area contributed by atoms with Crippen molar-refractivity contribution in [2.24, 2.45) is 4.99 Å². The van der Waals surface area contributed by atoms with E-state index < -0.39 is 29.3 Å². The van der Waals surface area contributed by atoms with Crippen LogP contribution in [-0.4, -0.2) is 54.8 Å². The van der Waals surface area contributed by atoms with E-state index in [2.05, 4.69) is 4.99 Å². The summed E-state index contributed by atoms with van der Waals surface area (Å²) < 4.78 is 79.2. The molecule has 5 rings (SSSR count). The van der Waals surface area contributed by atoms with E-state index in [0.717, 1.165) is 24.3 Å². The van der Waals surface area contributed by atoms with Crippen LogP contribution in [0.4, 0.5) is 27.6 Å². The second kappa shape index (κ2) is 9.96. The number of carbonyl (C=O) groups excluding carboxylic acids is 1. The summed E-state index contributed by atoms with van der Waals surface area (Å²) in [6.07, 6.45) is -4.09. The Morgan fingerprint density at radius 2 is 1.74 bits per heavy atom. The van der Waals surface area contributed by atoms with Crippen LogP contribution in [0.15, 0.2) is 59.6 Å². The molecule has 0 atom stereocenters. The third-order valence-electron chi connectivity index (χ3n) is 6.40. The van der Waals surface area contributed by atoms with Crippen molar-refractivity contribution in [2.45, 2.75) is 12.6 Å². The molecule has 198 valence electrons. The lowest BCUT2D eigenvalue weighted by Crippen LogP contribution is -2.38. The van der Waals surface area contributed by atoms with Crippen molar-refractivity contribution in [1.29, 1.82) is 0 Å². The third kappa shape index (κ3) is 5.00. The molecule has 0 radical (unpaired) electrons. The largest absolute Gasteiger partial charge is 0.497 e. The number of hydrogen-bond acceptors (Lipinski definition) is 5. The Morgan fingerprint density at radius 1 is 0.947 bits per heavy atom. The van der Waals surface area contributed by atoms with Crippen LogP contribution in [-0.2, 0) is 6.18 Å². The topological polar surface area (TPSA) is 54.4 Å². The SMILES string of the molecule is COc1ccc2c(c1)C(N1CCCN(C(=O)c3ccc(F)cc3F)CC1)=Nc1cc(C(F)(F)F)ccc1O2. The molecule has 1 amide bonds. The van der Waals surface area contributed by atoms with Crippen molar-refractivity contribution >= 4 is 17.4 Å². The Morgan fingerprint density at radius 3 is 2.47 bits per heavy atom. The number of amidine groups is 1. The molecule has 0 N–H and O–H groups in total. The fourth-order valence-corrected chi connectivity index (χ4v) is 4.47. The molecule has 1 saturated heterocycles. The fourth-order valence-electron chi connectivity index (χ4n) is 4.47. The van der Waals surface area contributed by atoms with Gasteiger partial charge in [0.2, 0.25) is 0 Å². The highest BCUT2D eigenvalue weighted by molar-refractivity contribution is 6.04. The van der Waals surface area contributed by atoms with Gasteiger partial charge in [0, 0.05) is 32.2 Å². The van der Waals surface area contributed by atoms with Crippen molar-refractivity contribution in [3.63, 3.8) is 0 Å². The van der Waals surface area contributed by atoms with Gasteiger partial charge in [-0.3, -0.25) is 4.79 Å². The quantitative estimate of drug-likeness (QED) is 0.380. The van der Waals surface area contributed by atoms with Gasteiger partial charge in [-0.05, 0) is 55.0 Å². The van der Waals surface area contributed by atoms with Gasteiger partial charge >= 0.3 is 6.18 Å². The van der Waals surface area contributed by atoms with Gasteiger partial charge in [0.25, 0.3) is 5.91 Å². The monoisotopic (exact) mass is 531 g/mol. The van der Waals surface area contributed by atoms with E-state index in [9.17, 15) is 26.7 Å². The molecule has 0 spiro atoms. The molecule has 11 heteroatoms. The minimum Gasteiger partial charge on any atom is -0.497 e. The lowest BCUT2D eigenvalue weighted by atomic mass is 10.1. The zero-order valence-corrected chi connectivity index (χ0v) is 20.2. The second-order valence-electron chi connectivity index (χ2n) is 8.84. The number of ether oxygens (including phenoxy) is 2. The minimum atomic E-state index is -4.56. The highest BCUT2D eigenvalue weighted by Gasteiger charge is 2.33. The summed E-state index contributed by atoms with van der Waals surface area (Å²) in [4.78, 5) is 20.9. The molecule has 1 fully saturated rings. The number of aliphatic imine (C=N–C) groups is 1. The molecule has 0 aromatic heterocycles. The van der Waals surface area contributed by atoms with E-state index in [1.165, 1.54) is 18.1 Å². The number of benzene rings is 3. The Labute approximate surface area is 214 Å². The molecular weight excluding hydrogens is 509 g/mol. The highest BCUT2D eigenvalue weighted by atomic mass is 19.4.